The van der Waals surface area contributed by atoms with E-state index in [1.54, 1.807) is 4.68 Å². The van der Waals surface area contributed by atoms with Crippen molar-refractivity contribution in [3.05, 3.63) is 11.5 Å². The Hall–Kier alpha value is -1.21. The van der Waals surface area contributed by atoms with Crippen LogP contribution >= 0.6 is 11.6 Å². The molecule has 5 nitrogen and oxygen atoms in total. The molecule has 118 valence electrons. The van der Waals surface area contributed by atoms with E-state index in [4.69, 9.17) is 16.3 Å². The van der Waals surface area contributed by atoms with Crippen molar-refractivity contribution in [2.75, 3.05) is 13.2 Å². The summed E-state index contributed by atoms with van der Waals surface area (Å²) in [6, 6.07) is 0. The van der Waals surface area contributed by atoms with Crippen LogP contribution in [0.3, 0.4) is 0 Å². The summed E-state index contributed by atoms with van der Waals surface area (Å²) < 4.78 is 32.7. The Morgan fingerprint density at radius 2 is 2.14 bits per heavy atom. The van der Waals surface area contributed by atoms with Gasteiger partial charge >= 0.3 is 0 Å². The maximum Gasteiger partial charge on any atom is 0.261 e. The van der Waals surface area contributed by atoms with Gasteiger partial charge < -0.3 is 9.30 Å². The summed E-state index contributed by atoms with van der Waals surface area (Å²) in [5.74, 6) is 0.965. The van der Waals surface area contributed by atoms with Crippen molar-refractivity contribution in [3.63, 3.8) is 0 Å². The van der Waals surface area contributed by atoms with Gasteiger partial charge in [0.15, 0.2) is 5.65 Å². The molecule has 2 heterocycles. The Kier molecular flexibility index (Phi) is 5.52. The van der Waals surface area contributed by atoms with Gasteiger partial charge in [0.1, 0.15) is 17.9 Å². The van der Waals surface area contributed by atoms with Crippen LogP contribution in [-0.2, 0) is 30.6 Å². The topological polar surface area (TPSA) is 44.9 Å². The Balaban J connectivity index is 2.24. The fourth-order valence-electron chi connectivity index (χ4n) is 2.36. The van der Waals surface area contributed by atoms with Gasteiger partial charge in [0.05, 0.1) is 18.2 Å². The molecule has 0 aliphatic carbocycles. The van der Waals surface area contributed by atoms with Crippen molar-refractivity contribution in [3.8, 4) is 0 Å². The molecule has 0 aromatic carbocycles. The van der Waals surface area contributed by atoms with Gasteiger partial charge in [-0.15, -0.1) is 11.6 Å². The molecule has 0 aliphatic rings. The second kappa shape index (κ2) is 7.17. The molecule has 0 amide bonds. The molecule has 0 aliphatic heterocycles. The highest BCUT2D eigenvalue weighted by molar-refractivity contribution is 6.16. The van der Waals surface area contributed by atoms with Crippen LogP contribution in [0, 0.1) is 0 Å². The first-order valence-electron chi connectivity index (χ1n) is 6.91. The Morgan fingerprint density at radius 3 is 2.76 bits per heavy atom. The SMILES string of the molecule is CCCc1nn(C)c2c1nc(CCl)n2CCOCC(F)F. The van der Waals surface area contributed by atoms with Crippen molar-refractivity contribution in [2.24, 2.45) is 7.05 Å². The summed E-state index contributed by atoms with van der Waals surface area (Å²) in [7, 11) is 1.84. The maximum absolute atomic E-state index is 12.1. The molecule has 2 aromatic rings. The zero-order valence-electron chi connectivity index (χ0n) is 12.2. The molecule has 0 spiro atoms. The molecule has 0 saturated heterocycles. The summed E-state index contributed by atoms with van der Waals surface area (Å²) in [6.45, 7) is 2.14. The van der Waals surface area contributed by atoms with Crippen LogP contribution in [0.4, 0.5) is 8.78 Å². The number of hydrogen-bond donors (Lipinski definition) is 0. The standard InChI is InChI=1S/C13H19ClF2N4O/c1-3-4-9-12-13(19(2)18-9)20(11(7-14)17-12)5-6-21-8-10(15)16/h10H,3-8H2,1-2H3. The fraction of sp³-hybridized carbons (Fsp3) is 0.692. The largest absolute Gasteiger partial charge is 0.374 e. The maximum atomic E-state index is 12.1. The van der Waals surface area contributed by atoms with E-state index in [2.05, 4.69) is 17.0 Å². The summed E-state index contributed by atoms with van der Waals surface area (Å²) in [6.07, 6.45) is -0.627. The molecule has 0 atom stereocenters. The third kappa shape index (κ3) is 3.52. The molecule has 0 bridgehead atoms. The number of fused-ring (bicyclic) bond motifs is 1. The van der Waals surface area contributed by atoms with Crippen molar-refractivity contribution in [2.45, 2.75) is 38.6 Å². The number of nitrogens with zero attached hydrogens (tertiary/aromatic N) is 4. The lowest BCUT2D eigenvalue weighted by molar-refractivity contribution is 0.0148. The van der Waals surface area contributed by atoms with Crippen LogP contribution in [0.1, 0.15) is 24.9 Å². The first-order chi connectivity index (χ1) is 10.1. The zero-order valence-corrected chi connectivity index (χ0v) is 12.9. The molecule has 8 heteroatoms. The average molecular weight is 321 g/mol. The van der Waals surface area contributed by atoms with Crippen molar-refractivity contribution < 1.29 is 13.5 Å². The van der Waals surface area contributed by atoms with E-state index >= 15 is 0 Å². The van der Waals surface area contributed by atoms with Crippen molar-refractivity contribution >= 4 is 22.8 Å². The minimum Gasteiger partial charge on any atom is -0.374 e. The highest BCUT2D eigenvalue weighted by Crippen LogP contribution is 2.21. The second-order valence-corrected chi connectivity index (χ2v) is 5.04. The number of imidazole rings is 1. The number of rotatable bonds is 8. The first kappa shape index (κ1) is 16.2. The van der Waals surface area contributed by atoms with Gasteiger partial charge in [-0.1, -0.05) is 13.3 Å². The zero-order chi connectivity index (χ0) is 15.4. The van der Waals surface area contributed by atoms with Crippen LogP contribution in [0.5, 0.6) is 0 Å². The van der Waals surface area contributed by atoms with Gasteiger partial charge in [0, 0.05) is 13.6 Å². The fourth-order valence-corrected chi connectivity index (χ4v) is 2.56. The third-order valence-corrected chi connectivity index (χ3v) is 3.42. The number of aryl methyl sites for hydroxylation is 2. The Morgan fingerprint density at radius 1 is 1.38 bits per heavy atom. The number of ether oxygens (including phenoxy) is 1. The lowest BCUT2D eigenvalue weighted by atomic mass is 10.2. The third-order valence-electron chi connectivity index (χ3n) is 3.18. The predicted molar refractivity (Wildman–Crippen MR) is 76.9 cm³/mol. The highest BCUT2D eigenvalue weighted by Gasteiger charge is 2.18. The number of hydrogen-bond acceptors (Lipinski definition) is 3. The van der Waals surface area contributed by atoms with Crippen LogP contribution in [0.2, 0.25) is 0 Å². The summed E-state index contributed by atoms with van der Waals surface area (Å²) >= 11 is 5.93. The Labute approximate surface area is 126 Å². The normalized spacial score (nSPS) is 11.9. The molecule has 0 unspecified atom stereocenters. The highest BCUT2D eigenvalue weighted by atomic mass is 35.5. The molecular formula is C13H19ClF2N4O. The van der Waals surface area contributed by atoms with Gasteiger partial charge in [0.2, 0.25) is 0 Å². The van der Waals surface area contributed by atoms with E-state index in [0.717, 1.165) is 29.7 Å². The van der Waals surface area contributed by atoms with Crippen LogP contribution in [-0.4, -0.2) is 39.0 Å². The Bertz CT molecular complexity index is 597. The van der Waals surface area contributed by atoms with E-state index in [0.29, 0.717) is 12.4 Å². The smallest absolute Gasteiger partial charge is 0.261 e. The molecule has 2 rings (SSSR count). The van der Waals surface area contributed by atoms with E-state index in [-0.39, 0.29) is 12.5 Å². The number of aromatic nitrogens is 4. The summed E-state index contributed by atoms with van der Waals surface area (Å²) in [5, 5.41) is 4.46. The lowest BCUT2D eigenvalue weighted by Gasteiger charge is -2.08. The van der Waals surface area contributed by atoms with Crippen LogP contribution in [0.25, 0.3) is 11.2 Å². The quantitative estimate of drug-likeness (QED) is 0.555. The van der Waals surface area contributed by atoms with Crippen molar-refractivity contribution in [1.29, 1.82) is 0 Å². The number of halogens is 3. The monoisotopic (exact) mass is 320 g/mol. The molecule has 0 radical (unpaired) electrons. The molecule has 0 N–H and O–H groups in total. The molecular weight excluding hydrogens is 302 g/mol. The van der Waals surface area contributed by atoms with Gasteiger partial charge in [-0.2, -0.15) is 5.10 Å². The molecule has 21 heavy (non-hydrogen) atoms. The summed E-state index contributed by atoms with van der Waals surface area (Å²) in [5.41, 5.74) is 2.63. The van der Waals surface area contributed by atoms with Gasteiger partial charge in [-0.05, 0) is 6.42 Å². The molecule has 0 fully saturated rings. The second-order valence-electron chi connectivity index (χ2n) is 4.77. The summed E-state index contributed by atoms with van der Waals surface area (Å²) in [4.78, 5) is 4.53. The number of alkyl halides is 3. The van der Waals surface area contributed by atoms with Crippen LogP contribution < -0.4 is 0 Å². The first-order valence-corrected chi connectivity index (χ1v) is 7.44. The predicted octanol–water partition coefficient (Wildman–Crippen LogP) is 2.74. The van der Waals surface area contributed by atoms with Gasteiger partial charge in [-0.3, -0.25) is 4.68 Å². The average Bonchev–Trinajstić information content (AvgIpc) is 2.94. The van der Waals surface area contributed by atoms with Crippen molar-refractivity contribution in [1.82, 2.24) is 19.3 Å². The lowest BCUT2D eigenvalue weighted by Crippen LogP contribution is -2.13. The van der Waals surface area contributed by atoms with E-state index in [9.17, 15) is 8.78 Å². The molecule has 2 aromatic heterocycles. The van der Waals surface area contributed by atoms with Crippen LogP contribution in [0.15, 0.2) is 0 Å². The minimum atomic E-state index is -2.45. The van der Waals surface area contributed by atoms with E-state index < -0.39 is 13.0 Å². The van der Waals surface area contributed by atoms with Gasteiger partial charge in [-0.25, -0.2) is 13.8 Å². The van der Waals surface area contributed by atoms with E-state index in [1.165, 1.54) is 0 Å². The van der Waals surface area contributed by atoms with E-state index in [1.807, 2.05) is 11.6 Å². The minimum absolute atomic E-state index is 0.188. The molecule has 0 saturated carbocycles. The van der Waals surface area contributed by atoms with Gasteiger partial charge in [0.25, 0.3) is 6.43 Å².